The molecule has 1 heterocycles. The van der Waals surface area contributed by atoms with Crippen molar-refractivity contribution in [3.05, 3.63) is 23.1 Å². The molecule has 76 valence electrons. The van der Waals surface area contributed by atoms with Crippen LogP contribution in [-0.2, 0) is 0 Å². The summed E-state index contributed by atoms with van der Waals surface area (Å²) in [5.74, 6) is 1.69. The maximum Gasteiger partial charge on any atom is 0.112 e. The van der Waals surface area contributed by atoms with Gasteiger partial charge in [-0.25, -0.2) is 0 Å². The molecule has 0 spiro atoms. The van der Waals surface area contributed by atoms with Crippen LogP contribution in [0.4, 0.5) is 0 Å². The Kier molecular flexibility index (Phi) is 4.53. The smallest absolute Gasteiger partial charge is 0.112 e. The highest BCUT2D eigenvalue weighted by Crippen LogP contribution is 2.28. The Morgan fingerprint density at radius 3 is 3.00 bits per heavy atom. The molecule has 1 atom stereocenters. The lowest BCUT2D eigenvalue weighted by Gasteiger charge is -2.19. The van der Waals surface area contributed by atoms with Gasteiger partial charge in [-0.05, 0) is 23.6 Å². The molecular weight excluding hydrogens is 189 g/mol. The fourth-order valence-corrected chi connectivity index (χ4v) is 2.41. The van der Waals surface area contributed by atoms with Gasteiger partial charge in [-0.15, -0.1) is 11.8 Å². The summed E-state index contributed by atoms with van der Waals surface area (Å²) in [4.78, 5) is 5.94. The number of aliphatic imine (C=N–C) groups is 1. The fraction of sp³-hybridized carbons (Fsp3) is 0.545. The van der Waals surface area contributed by atoms with E-state index in [2.05, 4.69) is 39.3 Å². The van der Waals surface area contributed by atoms with Crippen molar-refractivity contribution < 1.29 is 0 Å². The topological polar surface area (TPSA) is 12.4 Å². The van der Waals surface area contributed by atoms with Gasteiger partial charge >= 0.3 is 0 Å². The third-order valence-corrected chi connectivity index (χ3v) is 3.20. The van der Waals surface area contributed by atoms with Crippen molar-refractivity contribution in [2.75, 3.05) is 12.3 Å². The Morgan fingerprint density at radius 2 is 2.43 bits per heavy atom. The molecule has 0 amide bonds. The van der Waals surface area contributed by atoms with Crippen LogP contribution in [-0.4, -0.2) is 25.9 Å². The van der Waals surface area contributed by atoms with E-state index in [4.69, 9.17) is 0 Å². The van der Waals surface area contributed by atoms with Crippen molar-refractivity contribution in [2.45, 2.75) is 26.1 Å². The molecule has 0 aromatic carbocycles. The van der Waals surface area contributed by atoms with Crippen molar-refractivity contribution in [1.29, 1.82) is 0 Å². The summed E-state index contributed by atoms with van der Waals surface area (Å²) in [5.41, 5.74) is 2.32. The summed E-state index contributed by atoms with van der Waals surface area (Å²) in [5, 5.41) is 0. The summed E-state index contributed by atoms with van der Waals surface area (Å²) in [6, 6.07) is 0. The minimum atomic E-state index is 0.581. The quantitative estimate of drug-likeness (QED) is 0.645. The third kappa shape index (κ3) is 2.78. The maximum absolute atomic E-state index is 4.61. The molecule has 14 heavy (non-hydrogen) atoms. The molecule has 0 N–H and O–H groups in total. The predicted molar refractivity (Wildman–Crippen MR) is 70.2 cm³/mol. The predicted octanol–water partition coefficient (Wildman–Crippen LogP) is 2.47. The van der Waals surface area contributed by atoms with Crippen molar-refractivity contribution in [3.63, 3.8) is 0 Å². The first-order valence-electron chi connectivity index (χ1n) is 5.26. The standard InChI is InChI=1S/C11H18BNS/c1-4-8(3)11-10(14-5-2)6-9(12)7-13-11/h6,9H,3-5,7,12H2,1-2H3. The van der Waals surface area contributed by atoms with Gasteiger partial charge in [0.05, 0.1) is 5.71 Å². The SMILES string of the molecule is BC1C=C(SCC)C(C(=C)CC)=NC1. The Labute approximate surface area is 92.2 Å². The summed E-state index contributed by atoms with van der Waals surface area (Å²) in [7, 11) is 2.21. The number of rotatable bonds is 4. The molecule has 0 fully saturated rings. The second-order valence-electron chi connectivity index (χ2n) is 3.59. The van der Waals surface area contributed by atoms with Crippen LogP contribution >= 0.6 is 11.8 Å². The molecule has 0 bridgehead atoms. The van der Waals surface area contributed by atoms with Gasteiger partial charge in [-0.1, -0.05) is 26.5 Å². The van der Waals surface area contributed by atoms with Crippen LogP contribution < -0.4 is 0 Å². The molecule has 0 radical (unpaired) electrons. The number of hydrogen-bond donors (Lipinski definition) is 0. The molecule has 1 unspecified atom stereocenters. The van der Waals surface area contributed by atoms with Crippen molar-refractivity contribution in [3.8, 4) is 0 Å². The molecule has 0 aromatic heterocycles. The molecule has 1 rings (SSSR count). The van der Waals surface area contributed by atoms with Crippen LogP contribution in [0.25, 0.3) is 0 Å². The average molecular weight is 207 g/mol. The van der Waals surface area contributed by atoms with E-state index in [0.717, 1.165) is 24.4 Å². The number of dihydropyridines is 1. The molecule has 0 saturated carbocycles. The first kappa shape index (κ1) is 11.6. The first-order chi connectivity index (χ1) is 6.69. The number of nitrogens with zero attached hydrogens (tertiary/aromatic N) is 1. The van der Waals surface area contributed by atoms with Crippen LogP contribution in [0.2, 0.25) is 5.82 Å². The van der Waals surface area contributed by atoms with Gasteiger partial charge < -0.3 is 0 Å². The summed E-state index contributed by atoms with van der Waals surface area (Å²) in [6.07, 6.45) is 3.33. The van der Waals surface area contributed by atoms with Gasteiger partial charge in [0, 0.05) is 11.4 Å². The Balaban J connectivity index is 2.83. The summed E-state index contributed by atoms with van der Waals surface area (Å²) < 4.78 is 0. The highest BCUT2D eigenvalue weighted by Gasteiger charge is 2.15. The van der Waals surface area contributed by atoms with Gasteiger partial charge in [0.15, 0.2) is 0 Å². The van der Waals surface area contributed by atoms with Gasteiger partial charge in [0.1, 0.15) is 7.85 Å². The van der Waals surface area contributed by atoms with E-state index < -0.39 is 0 Å². The summed E-state index contributed by atoms with van der Waals surface area (Å²) >= 11 is 1.88. The third-order valence-electron chi connectivity index (χ3n) is 2.27. The highest BCUT2D eigenvalue weighted by atomic mass is 32.2. The normalized spacial score (nSPS) is 21.4. The zero-order valence-electron chi connectivity index (χ0n) is 9.34. The molecule has 0 saturated heterocycles. The van der Waals surface area contributed by atoms with Crippen LogP contribution in [0, 0.1) is 0 Å². The molecule has 1 nitrogen and oxygen atoms in total. The number of allylic oxidation sites excluding steroid dienone is 2. The van der Waals surface area contributed by atoms with Crippen LogP contribution in [0.3, 0.4) is 0 Å². The van der Waals surface area contributed by atoms with E-state index in [-0.39, 0.29) is 0 Å². The van der Waals surface area contributed by atoms with E-state index in [1.807, 2.05) is 11.8 Å². The monoisotopic (exact) mass is 207 g/mol. The van der Waals surface area contributed by atoms with E-state index in [0.29, 0.717) is 5.82 Å². The lowest BCUT2D eigenvalue weighted by atomic mass is 9.85. The largest absolute Gasteiger partial charge is 0.284 e. The number of thioether (sulfide) groups is 1. The van der Waals surface area contributed by atoms with Crippen molar-refractivity contribution in [1.82, 2.24) is 0 Å². The Morgan fingerprint density at radius 1 is 1.71 bits per heavy atom. The van der Waals surface area contributed by atoms with E-state index >= 15 is 0 Å². The Bertz CT molecular complexity index is 281. The summed E-state index contributed by atoms with van der Waals surface area (Å²) in [6.45, 7) is 9.30. The second kappa shape index (κ2) is 5.45. The zero-order chi connectivity index (χ0) is 10.6. The van der Waals surface area contributed by atoms with Gasteiger partial charge in [-0.2, -0.15) is 0 Å². The highest BCUT2D eigenvalue weighted by molar-refractivity contribution is 8.04. The molecule has 0 aromatic rings. The molecule has 1 aliphatic heterocycles. The second-order valence-corrected chi connectivity index (χ2v) is 4.89. The molecule has 3 heteroatoms. The van der Waals surface area contributed by atoms with Crippen molar-refractivity contribution in [2.24, 2.45) is 4.99 Å². The fourth-order valence-electron chi connectivity index (χ4n) is 1.43. The molecule has 0 aliphatic carbocycles. The van der Waals surface area contributed by atoms with E-state index in [1.54, 1.807) is 0 Å². The maximum atomic E-state index is 4.61. The molecular formula is C11H18BNS. The van der Waals surface area contributed by atoms with Crippen LogP contribution in [0.1, 0.15) is 20.3 Å². The first-order valence-corrected chi connectivity index (χ1v) is 6.25. The number of hydrogen-bond acceptors (Lipinski definition) is 2. The minimum absolute atomic E-state index is 0.581. The average Bonchev–Trinajstić information content (AvgIpc) is 2.17. The van der Waals surface area contributed by atoms with Crippen LogP contribution in [0.5, 0.6) is 0 Å². The zero-order valence-corrected chi connectivity index (χ0v) is 10.2. The molecule has 1 aliphatic rings. The van der Waals surface area contributed by atoms with E-state index in [1.165, 1.54) is 10.5 Å². The van der Waals surface area contributed by atoms with Gasteiger partial charge in [-0.3, -0.25) is 4.99 Å². The lowest BCUT2D eigenvalue weighted by molar-refractivity contribution is 0.979. The minimum Gasteiger partial charge on any atom is -0.284 e. The van der Waals surface area contributed by atoms with Crippen molar-refractivity contribution >= 4 is 25.3 Å². The lowest BCUT2D eigenvalue weighted by Crippen LogP contribution is -2.12. The Hall–Kier alpha value is -0.435. The van der Waals surface area contributed by atoms with Crippen LogP contribution in [0.15, 0.2) is 28.1 Å². The van der Waals surface area contributed by atoms with E-state index in [9.17, 15) is 0 Å². The van der Waals surface area contributed by atoms with Gasteiger partial charge in [0.2, 0.25) is 0 Å². The van der Waals surface area contributed by atoms with Gasteiger partial charge in [0.25, 0.3) is 0 Å².